The highest BCUT2D eigenvalue weighted by Gasteiger charge is 2.29. The molecule has 1 atom stereocenters. The number of aryl methyl sites for hydroxylation is 1. The first-order valence-corrected chi connectivity index (χ1v) is 13.6. The van der Waals surface area contributed by atoms with Crippen molar-refractivity contribution in [2.24, 2.45) is 7.05 Å². The molecule has 0 radical (unpaired) electrons. The fourth-order valence-electron chi connectivity index (χ4n) is 3.96. The van der Waals surface area contributed by atoms with Gasteiger partial charge in [-0.25, -0.2) is 4.79 Å². The van der Waals surface area contributed by atoms with E-state index in [2.05, 4.69) is 20.8 Å². The molecule has 2 heterocycles. The third-order valence-corrected chi connectivity index (χ3v) is 8.29. The minimum Gasteiger partial charge on any atom is -0.497 e. The van der Waals surface area contributed by atoms with Crippen molar-refractivity contribution in [2.45, 2.75) is 50.1 Å². The molecule has 0 bridgehead atoms. The molecule has 2 N–H and O–H groups in total. The van der Waals surface area contributed by atoms with Crippen LogP contribution < -0.4 is 15.4 Å². The molecule has 1 aliphatic rings. The van der Waals surface area contributed by atoms with Crippen molar-refractivity contribution >= 4 is 45.9 Å². The second kappa shape index (κ2) is 11.8. The molecule has 0 saturated carbocycles. The van der Waals surface area contributed by atoms with Gasteiger partial charge in [-0.05, 0) is 56.9 Å². The number of ether oxygens (including phenoxy) is 2. The molecule has 0 unspecified atom stereocenters. The van der Waals surface area contributed by atoms with Crippen LogP contribution in [0.25, 0.3) is 0 Å². The number of benzene rings is 1. The van der Waals surface area contributed by atoms with E-state index in [9.17, 15) is 14.4 Å². The quantitative estimate of drug-likeness (QED) is 0.294. The Morgan fingerprint density at radius 2 is 2.05 bits per heavy atom. The van der Waals surface area contributed by atoms with E-state index in [-0.39, 0.29) is 25.0 Å². The fraction of sp³-hybridized carbons (Fsp3) is 0.400. The summed E-state index contributed by atoms with van der Waals surface area (Å²) in [6.07, 6.45) is 2.72. The Bertz CT molecular complexity index is 1320. The van der Waals surface area contributed by atoms with Gasteiger partial charge in [-0.1, -0.05) is 17.8 Å². The number of aromatic nitrogens is 3. The van der Waals surface area contributed by atoms with Gasteiger partial charge in [0.1, 0.15) is 10.8 Å². The Labute approximate surface area is 223 Å². The Kier molecular flexibility index (Phi) is 8.49. The first kappa shape index (κ1) is 26.7. The number of rotatable bonds is 10. The Morgan fingerprint density at radius 1 is 1.24 bits per heavy atom. The number of anilines is 1. The number of amides is 2. The highest BCUT2D eigenvalue weighted by molar-refractivity contribution is 8.00. The number of nitrogens with one attached hydrogen (secondary N) is 2. The van der Waals surface area contributed by atoms with Gasteiger partial charge in [0, 0.05) is 17.5 Å². The number of hydrogen-bond acceptors (Lipinski definition) is 9. The third-order valence-electron chi connectivity index (χ3n) is 5.95. The molecule has 196 valence electrons. The number of fused-ring (bicyclic) bond motifs is 1. The van der Waals surface area contributed by atoms with E-state index in [1.807, 2.05) is 0 Å². The van der Waals surface area contributed by atoms with Crippen molar-refractivity contribution < 1.29 is 23.9 Å². The molecular formula is C25H29N5O5S2. The first-order valence-electron chi connectivity index (χ1n) is 11.9. The SMILES string of the molecule is CCOC(=O)c1c(NC(=O)[C@H](C)Sc2nnc(CNC(=O)c3cccc(OC)c3)n2C)sc2c1CCC2. The average Bonchev–Trinajstić information content (AvgIpc) is 3.57. The molecular weight excluding hydrogens is 514 g/mol. The predicted octanol–water partition coefficient (Wildman–Crippen LogP) is 3.60. The van der Waals surface area contributed by atoms with Crippen LogP contribution in [0.2, 0.25) is 0 Å². The van der Waals surface area contributed by atoms with E-state index in [0.717, 1.165) is 29.7 Å². The van der Waals surface area contributed by atoms with Crippen LogP contribution in [0.1, 0.15) is 57.2 Å². The zero-order chi connectivity index (χ0) is 26.5. The monoisotopic (exact) mass is 543 g/mol. The number of esters is 1. The van der Waals surface area contributed by atoms with Crippen LogP contribution in [-0.4, -0.2) is 51.5 Å². The van der Waals surface area contributed by atoms with Crippen LogP contribution in [0, 0.1) is 0 Å². The van der Waals surface area contributed by atoms with Crippen LogP contribution in [-0.2, 0) is 36.0 Å². The van der Waals surface area contributed by atoms with Crippen molar-refractivity contribution in [3.63, 3.8) is 0 Å². The van der Waals surface area contributed by atoms with E-state index in [1.54, 1.807) is 56.8 Å². The van der Waals surface area contributed by atoms with Gasteiger partial charge in [-0.2, -0.15) is 0 Å². The minimum absolute atomic E-state index is 0.171. The highest BCUT2D eigenvalue weighted by Crippen LogP contribution is 2.40. The van der Waals surface area contributed by atoms with Gasteiger partial charge in [0.05, 0.1) is 31.1 Å². The number of nitrogens with zero attached hydrogens (tertiary/aromatic N) is 3. The maximum atomic E-state index is 13.0. The molecule has 3 aromatic rings. The average molecular weight is 544 g/mol. The molecule has 4 rings (SSSR count). The Balaban J connectivity index is 1.38. The largest absolute Gasteiger partial charge is 0.497 e. The van der Waals surface area contributed by atoms with Crippen LogP contribution in [0.5, 0.6) is 5.75 Å². The topological polar surface area (TPSA) is 124 Å². The number of carbonyl (C=O) groups is 3. The number of carbonyl (C=O) groups excluding carboxylic acids is 3. The first-order chi connectivity index (χ1) is 17.8. The molecule has 2 amide bonds. The van der Waals surface area contributed by atoms with E-state index in [1.165, 1.54) is 23.1 Å². The molecule has 0 fully saturated rings. The third kappa shape index (κ3) is 5.96. The molecule has 1 aromatic carbocycles. The maximum Gasteiger partial charge on any atom is 0.341 e. The van der Waals surface area contributed by atoms with Crippen molar-refractivity contribution in [3.8, 4) is 5.75 Å². The van der Waals surface area contributed by atoms with Crippen LogP contribution in [0.3, 0.4) is 0 Å². The summed E-state index contributed by atoms with van der Waals surface area (Å²) >= 11 is 2.69. The lowest BCUT2D eigenvalue weighted by Crippen LogP contribution is -2.25. The Hall–Kier alpha value is -3.38. The van der Waals surface area contributed by atoms with Crippen molar-refractivity contribution in [3.05, 3.63) is 51.7 Å². The molecule has 1 aliphatic carbocycles. The van der Waals surface area contributed by atoms with Gasteiger partial charge in [-0.15, -0.1) is 21.5 Å². The van der Waals surface area contributed by atoms with Gasteiger partial charge >= 0.3 is 5.97 Å². The summed E-state index contributed by atoms with van der Waals surface area (Å²) in [4.78, 5) is 39.2. The van der Waals surface area contributed by atoms with Gasteiger partial charge in [0.15, 0.2) is 11.0 Å². The number of methoxy groups -OCH3 is 1. The van der Waals surface area contributed by atoms with E-state index >= 15 is 0 Å². The van der Waals surface area contributed by atoms with Crippen molar-refractivity contribution in [2.75, 3.05) is 19.0 Å². The summed E-state index contributed by atoms with van der Waals surface area (Å²) in [7, 11) is 3.32. The molecule has 2 aromatic heterocycles. The molecule has 0 spiro atoms. The summed E-state index contributed by atoms with van der Waals surface area (Å²) in [6.45, 7) is 3.98. The van der Waals surface area contributed by atoms with Gasteiger partial charge in [-0.3, -0.25) is 9.59 Å². The summed E-state index contributed by atoms with van der Waals surface area (Å²) in [5, 5.41) is 14.7. The fourth-order valence-corrected chi connectivity index (χ4v) is 6.08. The van der Waals surface area contributed by atoms with E-state index < -0.39 is 11.2 Å². The summed E-state index contributed by atoms with van der Waals surface area (Å²) in [5.74, 6) is 0.242. The Morgan fingerprint density at radius 3 is 2.81 bits per heavy atom. The molecule has 10 nitrogen and oxygen atoms in total. The van der Waals surface area contributed by atoms with Crippen molar-refractivity contribution in [1.29, 1.82) is 0 Å². The van der Waals surface area contributed by atoms with Gasteiger partial charge in [0.25, 0.3) is 5.91 Å². The second-order valence-corrected chi connectivity index (χ2v) is 10.8. The summed E-state index contributed by atoms with van der Waals surface area (Å²) in [6, 6.07) is 6.87. The van der Waals surface area contributed by atoms with Gasteiger partial charge in [0.2, 0.25) is 5.91 Å². The standard InChI is InChI=1S/C25H29N5O5S2/c1-5-35-24(33)20-17-10-7-11-18(17)37-23(20)27-21(31)14(2)36-25-29-28-19(30(25)3)13-26-22(32)15-8-6-9-16(12-15)34-4/h6,8-9,12,14H,5,7,10-11,13H2,1-4H3,(H,26,32)(H,27,31)/t14-/m0/s1. The van der Waals surface area contributed by atoms with Crippen LogP contribution in [0.15, 0.2) is 29.4 Å². The van der Waals surface area contributed by atoms with Crippen LogP contribution >= 0.6 is 23.1 Å². The maximum absolute atomic E-state index is 13.0. The lowest BCUT2D eigenvalue weighted by molar-refractivity contribution is -0.115. The van der Waals surface area contributed by atoms with Crippen molar-refractivity contribution in [1.82, 2.24) is 20.1 Å². The normalized spacial score (nSPS) is 13.1. The molecule has 0 aliphatic heterocycles. The summed E-state index contributed by atoms with van der Waals surface area (Å²) in [5.41, 5.74) is 1.95. The van der Waals surface area contributed by atoms with Gasteiger partial charge < -0.3 is 24.7 Å². The minimum atomic E-state index is -0.505. The van der Waals surface area contributed by atoms with E-state index in [4.69, 9.17) is 9.47 Å². The zero-order valence-corrected chi connectivity index (χ0v) is 22.8. The lowest BCUT2D eigenvalue weighted by atomic mass is 10.1. The smallest absolute Gasteiger partial charge is 0.341 e. The van der Waals surface area contributed by atoms with E-state index in [0.29, 0.717) is 32.9 Å². The molecule has 0 saturated heterocycles. The predicted molar refractivity (Wildman–Crippen MR) is 141 cm³/mol. The van der Waals surface area contributed by atoms with Crippen LogP contribution in [0.4, 0.5) is 5.00 Å². The number of thiophene rings is 1. The zero-order valence-electron chi connectivity index (χ0n) is 21.1. The molecule has 12 heteroatoms. The summed E-state index contributed by atoms with van der Waals surface area (Å²) < 4.78 is 12.1. The molecule has 37 heavy (non-hydrogen) atoms. The highest BCUT2D eigenvalue weighted by atomic mass is 32.2. The number of thioether (sulfide) groups is 1. The lowest BCUT2D eigenvalue weighted by Gasteiger charge is -2.12. The second-order valence-electron chi connectivity index (χ2n) is 8.40. The number of hydrogen-bond donors (Lipinski definition) is 2.